The number of hydrogen-bond acceptors (Lipinski definition) is 5. The minimum absolute atomic E-state index is 0.109. The van der Waals surface area contributed by atoms with Crippen molar-refractivity contribution in [3.8, 4) is 0 Å². The monoisotopic (exact) mass is 398 g/mol. The van der Waals surface area contributed by atoms with Gasteiger partial charge in [0, 0.05) is 31.0 Å². The predicted octanol–water partition coefficient (Wildman–Crippen LogP) is 4.21. The zero-order valence-corrected chi connectivity index (χ0v) is 15.9. The van der Waals surface area contributed by atoms with E-state index in [4.69, 9.17) is 4.42 Å². The SMILES string of the molecule is CC(Sc1nc2cc(S(=O)(=O)N(C)C)ccc2o1)c1ccc(F)cc1F. The van der Waals surface area contributed by atoms with Gasteiger partial charge < -0.3 is 4.42 Å². The van der Waals surface area contributed by atoms with Crippen molar-refractivity contribution in [2.45, 2.75) is 22.3 Å². The summed E-state index contributed by atoms with van der Waals surface area (Å²) in [6.45, 7) is 1.75. The number of aromatic nitrogens is 1. The molecule has 0 radical (unpaired) electrons. The molecule has 138 valence electrons. The van der Waals surface area contributed by atoms with Crippen molar-refractivity contribution < 1.29 is 21.6 Å². The third-order valence-electron chi connectivity index (χ3n) is 3.80. The highest BCUT2D eigenvalue weighted by Gasteiger charge is 2.20. The Kier molecular flexibility index (Phi) is 5.05. The Morgan fingerprint density at radius 1 is 1.15 bits per heavy atom. The lowest BCUT2D eigenvalue weighted by Gasteiger charge is -2.10. The van der Waals surface area contributed by atoms with Gasteiger partial charge in [-0.15, -0.1) is 0 Å². The second kappa shape index (κ2) is 6.98. The number of oxazole rings is 1. The number of hydrogen-bond donors (Lipinski definition) is 0. The van der Waals surface area contributed by atoms with E-state index < -0.39 is 21.7 Å². The maximum atomic E-state index is 13.9. The van der Waals surface area contributed by atoms with Crippen LogP contribution in [0.25, 0.3) is 11.1 Å². The van der Waals surface area contributed by atoms with E-state index in [9.17, 15) is 17.2 Å². The lowest BCUT2D eigenvalue weighted by molar-refractivity contribution is 0.488. The zero-order valence-electron chi connectivity index (χ0n) is 14.2. The summed E-state index contributed by atoms with van der Waals surface area (Å²) < 4.78 is 58.0. The Labute approximate surface area is 154 Å². The molecule has 2 aromatic carbocycles. The van der Waals surface area contributed by atoms with Gasteiger partial charge in [0.2, 0.25) is 10.0 Å². The summed E-state index contributed by atoms with van der Waals surface area (Å²) in [5, 5.41) is -0.0933. The Hall–Kier alpha value is -1.97. The molecule has 0 saturated heterocycles. The summed E-state index contributed by atoms with van der Waals surface area (Å²) in [5.74, 6) is -1.28. The summed E-state index contributed by atoms with van der Waals surface area (Å²) in [5.41, 5.74) is 1.15. The van der Waals surface area contributed by atoms with Gasteiger partial charge in [-0.05, 0) is 31.2 Å². The van der Waals surface area contributed by atoms with E-state index in [1.54, 1.807) is 6.92 Å². The summed E-state index contributed by atoms with van der Waals surface area (Å²) in [4.78, 5) is 4.38. The highest BCUT2D eigenvalue weighted by Crippen LogP contribution is 2.37. The number of benzene rings is 2. The molecule has 26 heavy (non-hydrogen) atoms. The minimum Gasteiger partial charge on any atom is -0.431 e. The highest BCUT2D eigenvalue weighted by molar-refractivity contribution is 7.99. The third-order valence-corrected chi connectivity index (χ3v) is 6.59. The molecule has 1 atom stereocenters. The normalized spacial score (nSPS) is 13.5. The van der Waals surface area contributed by atoms with Crippen LogP contribution in [0.2, 0.25) is 0 Å². The van der Waals surface area contributed by atoms with Crippen LogP contribution in [0.5, 0.6) is 0 Å². The number of thioether (sulfide) groups is 1. The maximum Gasteiger partial charge on any atom is 0.257 e. The molecule has 1 unspecified atom stereocenters. The van der Waals surface area contributed by atoms with Crippen molar-refractivity contribution in [1.82, 2.24) is 9.29 Å². The molecule has 3 rings (SSSR count). The number of sulfonamides is 1. The van der Waals surface area contributed by atoms with Crippen LogP contribution in [0.3, 0.4) is 0 Å². The number of nitrogens with zero attached hydrogens (tertiary/aromatic N) is 2. The Morgan fingerprint density at radius 3 is 2.54 bits per heavy atom. The fourth-order valence-corrected chi connectivity index (χ4v) is 4.19. The van der Waals surface area contributed by atoms with Crippen LogP contribution >= 0.6 is 11.8 Å². The molecule has 0 spiro atoms. The van der Waals surface area contributed by atoms with Gasteiger partial charge in [-0.3, -0.25) is 0 Å². The average molecular weight is 398 g/mol. The molecule has 1 aromatic heterocycles. The molecule has 0 aliphatic rings. The molecule has 0 aliphatic carbocycles. The summed E-state index contributed by atoms with van der Waals surface area (Å²) in [7, 11) is -0.681. The Bertz CT molecular complexity index is 1070. The molecule has 0 bridgehead atoms. The molecule has 3 aromatic rings. The van der Waals surface area contributed by atoms with Crippen LogP contribution in [-0.4, -0.2) is 31.8 Å². The van der Waals surface area contributed by atoms with E-state index >= 15 is 0 Å². The summed E-state index contributed by atoms with van der Waals surface area (Å²) >= 11 is 1.16. The lowest BCUT2D eigenvalue weighted by Crippen LogP contribution is -2.22. The smallest absolute Gasteiger partial charge is 0.257 e. The van der Waals surface area contributed by atoms with Crippen LogP contribution < -0.4 is 0 Å². The maximum absolute atomic E-state index is 13.9. The Morgan fingerprint density at radius 2 is 1.88 bits per heavy atom. The molecular weight excluding hydrogens is 382 g/mol. The van der Waals surface area contributed by atoms with Crippen molar-refractivity contribution >= 4 is 32.9 Å². The standard InChI is InChI=1S/C17H16F2N2O3S2/c1-10(13-6-4-11(18)8-14(13)19)25-17-20-15-9-12(5-7-16(15)24-17)26(22,23)21(2)3/h4-10H,1-3H3. The average Bonchev–Trinajstić information content (AvgIpc) is 2.95. The van der Waals surface area contributed by atoms with E-state index in [0.29, 0.717) is 16.7 Å². The van der Waals surface area contributed by atoms with Gasteiger partial charge in [-0.25, -0.2) is 26.5 Å². The van der Waals surface area contributed by atoms with Gasteiger partial charge in [-0.2, -0.15) is 0 Å². The Balaban J connectivity index is 1.90. The van der Waals surface area contributed by atoms with Gasteiger partial charge in [0.15, 0.2) is 5.58 Å². The molecular formula is C17H16F2N2O3S2. The van der Waals surface area contributed by atoms with E-state index in [1.165, 1.54) is 44.4 Å². The first kappa shape index (κ1) is 18.8. The number of halogens is 2. The van der Waals surface area contributed by atoms with Crippen molar-refractivity contribution in [2.75, 3.05) is 14.1 Å². The highest BCUT2D eigenvalue weighted by atomic mass is 32.2. The molecule has 1 heterocycles. The van der Waals surface area contributed by atoms with Crippen LogP contribution in [0.15, 0.2) is 50.9 Å². The second-order valence-corrected chi connectivity index (χ2v) is 9.27. The fourth-order valence-electron chi connectivity index (χ4n) is 2.35. The lowest BCUT2D eigenvalue weighted by atomic mass is 10.1. The van der Waals surface area contributed by atoms with Crippen LogP contribution in [-0.2, 0) is 10.0 Å². The van der Waals surface area contributed by atoms with E-state index in [2.05, 4.69) is 4.98 Å². The molecule has 0 aliphatic heterocycles. The molecule has 0 N–H and O–H groups in total. The quantitative estimate of drug-likeness (QED) is 0.603. The molecule has 0 saturated carbocycles. The van der Waals surface area contributed by atoms with Crippen LogP contribution in [0, 0.1) is 11.6 Å². The number of rotatable bonds is 5. The topological polar surface area (TPSA) is 63.4 Å². The predicted molar refractivity (Wildman–Crippen MR) is 95.5 cm³/mol. The van der Waals surface area contributed by atoms with E-state index in [0.717, 1.165) is 22.1 Å². The largest absolute Gasteiger partial charge is 0.431 e. The molecule has 9 heteroatoms. The summed E-state index contributed by atoms with van der Waals surface area (Å²) in [6.07, 6.45) is 0. The van der Waals surface area contributed by atoms with Crippen LogP contribution in [0.1, 0.15) is 17.7 Å². The van der Waals surface area contributed by atoms with Crippen molar-refractivity contribution in [1.29, 1.82) is 0 Å². The van der Waals surface area contributed by atoms with Crippen LogP contribution in [0.4, 0.5) is 8.78 Å². The minimum atomic E-state index is -3.58. The molecule has 5 nitrogen and oxygen atoms in total. The van der Waals surface area contributed by atoms with Crippen molar-refractivity contribution in [3.63, 3.8) is 0 Å². The van der Waals surface area contributed by atoms with Gasteiger partial charge >= 0.3 is 0 Å². The number of fused-ring (bicyclic) bond motifs is 1. The first-order valence-corrected chi connectivity index (χ1v) is 9.95. The first-order chi connectivity index (χ1) is 12.2. The van der Waals surface area contributed by atoms with Gasteiger partial charge in [0.1, 0.15) is 17.2 Å². The third kappa shape index (κ3) is 3.60. The second-order valence-electron chi connectivity index (χ2n) is 5.82. The fraction of sp³-hybridized carbons (Fsp3) is 0.235. The van der Waals surface area contributed by atoms with Crippen molar-refractivity contribution in [3.05, 3.63) is 53.6 Å². The van der Waals surface area contributed by atoms with E-state index in [-0.39, 0.29) is 15.4 Å². The van der Waals surface area contributed by atoms with Gasteiger partial charge in [-0.1, -0.05) is 17.8 Å². The first-order valence-electron chi connectivity index (χ1n) is 7.63. The molecule has 0 fully saturated rings. The summed E-state index contributed by atoms with van der Waals surface area (Å²) in [6, 6.07) is 7.82. The van der Waals surface area contributed by atoms with Gasteiger partial charge in [0.05, 0.1) is 4.90 Å². The zero-order chi connectivity index (χ0) is 19.1. The molecule has 0 amide bonds. The van der Waals surface area contributed by atoms with E-state index in [1.807, 2.05) is 0 Å². The van der Waals surface area contributed by atoms with Gasteiger partial charge in [0.25, 0.3) is 5.22 Å². The van der Waals surface area contributed by atoms with Crippen molar-refractivity contribution in [2.24, 2.45) is 0 Å².